The van der Waals surface area contributed by atoms with Crippen molar-refractivity contribution in [3.63, 3.8) is 0 Å². The van der Waals surface area contributed by atoms with Crippen molar-refractivity contribution < 1.29 is 26.0 Å². The number of hydrogen-bond acceptors (Lipinski definition) is 3. The van der Waals surface area contributed by atoms with Crippen molar-refractivity contribution in [2.45, 2.75) is 30.7 Å². The molecule has 0 aliphatic rings. The van der Waals surface area contributed by atoms with Gasteiger partial charge in [-0.2, -0.15) is 0 Å². The first-order chi connectivity index (χ1) is 10.3. The summed E-state index contributed by atoms with van der Waals surface area (Å²) in [6.45, 7) is 1.58. The minimum Gasteiger partial charge on any atom is -0.469 e. The lowest BCUT2D eigenvalue weighted by Gasteiger charge is -2.14. The van der Waals surface area contributed by atoms with Crippen LogP contribution >= 0.6 is 0 Å². The smallest absolute Gasteiger partial charge is 0.243 e. The predicted octanol–water partition coefficient (Wildman–Crippen LogP) is 3.00. The Bertz CT molecular complexity index is 745. The number of halogens is 3. The molecule has 0 aliphatic carbocycles. The van der Waals surface area contributed by atoms with Crippen LogP contribution in [0.15, 0.2) is 39.8 Å². The zero-order chi connectivity index (χ0) is 16.3. The molecular formula is C14H14F3NO3S. The third-order valence-corrected chi connectivity index (χ3v) is 4.66. The monoisotopic (exact) mass is 333 g/mol. The topological polar surface area (TPSA) is 59.3 Å². The molecule has 0 bridgehead atoms. The van der Waals surface area contributed by atoms with Gasteiger partial charge in [-0.25, -0.2) is 26.3 Å². The van der Waals surface area contributed by atoms with Crippen LogP contribution in [0.5, 0.6) is 0 Å². The van der Waals surface area contributed by atoms with Crippen LogP contribution in [0.25, 0.3) is 0 Å². The molecule has 1 heterocycles. The van der Waals surface area contributed by atoms with Crippen molar-refractivity contribution in [1.29, 1.82) is 0 Å². The SMILES string of the molecule is C[C@@H](CCc1ccco1)NS(=O)(=O)c1ccc(F)c(F)c1F. The summed E-state index contributed by atoms with van der Waals surface area (Å²) in [5.74, 6) is -4.30. The quantitative estimate of drug-likeness (QED) is 0.827. The van der Waals surface area contributed by atoms with Gasteiger partial charge in [0.1, 0.15) is 10.7 Å². The number of benzene rings is 1. The zero-order valence-electron chi connectivity index (χ0n) is 11.6. The van der Waals surface area contributed by atoms with E-state index in [2.05, 4.69) is 4.72 Å². The second kappa shape index (κ2) is 6.53. The third-order valence-electron chi connectivity index (χ3n) is 3.05. The maximum Gasteiger partial charge on any atom is 0.243 e. The molecule has 4 nitrogen and oxygen atoms in total. The van der Waals surface area contributed by atoms with Gasteiger partial charge in [0.25, 0.3) is 0 Å². The Kier molecular flexibility index (Phi) is 4.92. The van der Waals surface area contributed by atoms with E-state index in [0.29, 0.717) is 30.7 Å². The molecule has 0 unspecified atom stereocenters. The van der Waals surface area contributed by atoms with Crippen LogP contribution < -0.4 is 4.72 Å². The van der Waals surface area contributed by atoms with E-state index in [4.69, 9.17) is 4.42 Å². The highest BCUT2D eigenvalue weighted by atomic mass is 32.2. The first-order valence-electron chi connectivity index (χ1n) is 6.49. The van der Waals surface area contributed by atoms with Crippen molar-refractivity contribution in [2.24, 2.45) is 0 Å². The first-order valence-corrected chi connectivity index (χ1v) is 7.98. The highest BCUT2D eigenvalue weighted by Gasteiger charge is 2.25. The van der Waals surface area contributed by atoms with E-state index in [1.54, 1.807) is 19.1 Å². The molecule has 1 aromatic heterocycles. The Morgan fingerprint density at radius 3 is 2.55 bits per heavy atom. The van der Waals surface area contributed by atoms with Gasteiger partial charge in [-0.05, 0) is 37.6 Å². The molecule has 1 N–H and O–H groups in total. The Morgan fingerprint density at radius 1 is 1.18 bits per heavy atom. The lowest BCUT2D eigenvalue weighted by atomic mass is 10.2. The van der Waals surface area contributed by atoms with E-state index < -0.39 is 38.4 Å². The average Bonchev–Trinajstić information content (AvgIpc) is 2.95. The van der Waals surface area contributed by atoms with Crippen molar-refractivity contribution in [2.75, 3.05) is 0 Å². The zero-order valence-corrected chi connectivity index (χ0v) is 12.5. The number of hydrogen-bond donors (Lipinski definition) is 1. The minimum atomic E-state index is -4.28. The Morgan fingerprint density at radius 2 is 1.91 bits per heavy atom. The summed E-state index contributed by atoms with van der Waals surface area (Å²) < 4.78 is 70.9. The van der Waals surface area contributed by atoms with Gasteiger partial charge in [0.2, 0.25) is 10.0 Å². The van der Waals surface area contributed by atoms with Crippen LogP contribution in [0, 0.1) is 17.5 Å². The minimum absolute atomic E-state index is 0.401. The van der Waals surface area contributed by atoms with Gasteiger partial charge in [0.15, 0.2) is 17.5 Å². The fourth-order valence-electron chi connectivity index (χ4n) is 1.92. The normalized spacial score (nSPS) is 13.3. The van der Waals surface area contributed by atoms with Gasteiger partial charge in [-0.3, -0.25) is 0 Å². The van der Waals surface area contributed by atoms with Gasteiger partial charge in [-0.15, -0.1) is 0 Å². The molecule has 1 aromatic carbocycles. The molecule has 22 heavy (non-hydrogen) atoms. The highest BCUT2D eigenvalue weighted by Crippen LogP contribution is 2.20. The summed E-state index contributed by atoms with van der Waals surface area (Å²) in [7, 11) is -4.28. The highest BCUT2D eigenvalue weighted by molar-refractivity contribution is 7.89. The maximum absolute atomic E-state index is 13.6. The van der Waals surface area contributed by atoms with Gasteiger partial charge >= 0.3 is 0 Å². The second-order valence-electron chi connectivity index (χ2n) is 4.81. The Balaban J connectivity index is 2.09. The Labute approximate surface area is 126 Å². The number of rotatable bonds is 6. The van der Waals surface area contributed by atoms with Crippen molar-refractivity contribution in [3.8, 4) is 0 Å². The molecule has 0 saturated heterocycles. The fraction of sp³-hybridized carbons (Fsp3) is 0.286. The average molecular weight is 333 g/mol. The van der Waals surface area contributed by atoms with Gasteiger partial charge < -0.3 is 4.42 Å². The van der Waals surface area contributed by atoms with Crippen LogP contribution in [0.2, 0.25) is 0 Å². The molecule has 0 fully saturated rings. The lowest BCUT2D eigenvalue weighted by Crippen LogP contribution is -2.33. The third kappa shape index (κ3) is 3.69. The van der Waals surface area contributed by atoms with Crippen molar-refractivity contribution in [1.82, 2.24) is 4.72 Å². The molecule has 0 amide bonds. The van der Waals surface area contributed by atoms with Crippen molar-refractivity contribution >= 4 is 10.0 Å². The molecule has 120 valence electrons. The molecule has 2 aromatic rings. The maximum atomic E-state index is 13.6. The van der Waals surface area contributed by atoms with Crippen LogP contribution in [0.3, 0.4) is 0 Å². The van der Waals surface area contributed by atoms with Crippen LogP contribution in [0.4, 0.5) is 13.2 Å². The predicted molar refractivity (Wildman–Crippen MR) is 73.1 cm³/mol. The van der Waals surface area contributed by atoms with Crippen molar-refractivity contribution in [3.05, 3.63) is 53.7 Å². The van der Waals surface area contributed by atoms with E-state index in [-0.39, 0.29) is 0 Å². The van der Waals surface area contributed by atoms with Crippen LogP contribution in [0.1, 0.15) is 19.1 Å². The molecule has 0 saturated carbocycles. The molecule has 0 spiro atoms. The summed E-state index contributed by atoms with van der Waals surface area (Å²) in [6.07, 6.45) is 2.38. The fourth-order valence-corrected chi connectivity index (χ4v) is 3.26. The number of sulfonamides is 1. The van der Waals surface area contributed by atoms with Gasteiger partial charge in [-0.1, -0.05) is 0 Å². The molecule has 0 aliphatic heterocycles. The number of furan rings is 1. The number of aryl methyl sites for hydroxylation is 1. The summed E-state index contributed by atoms with van der Waals surface area (Å²) in [5, 5.41) is 0. The second-order valence-corrected chi connectivity index (χ2v) is 6.50. The first kappa shape index (κ1) is 16.6. The number of nitrogens with one attached hydrogen (secondary N) is 1. The van der Waals surface area contributed by atoms with Crippen LogP contribution in [-0.4, -0.2) is 14.5 Å². The van der Waals surface area contributed by atoms with Crippen LogP contribution in [-0.2, 0) is 16.4 Å². The summed E-state index contributed by atoms with van der Waals surface area (Å²) >= 11 is 0. The standard InChI is InChI=1S/C14H14F3NO3S/c1-9(4-5-10-3-2-8-21-10)18-22(19,20)12-7-6-11(15)13(16)14(12)17/h2-3,6-9,18H,4-5H2,1H3/t9-/m0/s1. The van der Waals surface area contributed by atoms with E-state index in [0.717, 1.165) is 0 Å². The molecule has 0 radical (unpaired) electrons. The largest absolute Gasteiger partial charge is 0.469 e. The summed E-state index contributed by atoms with van der Waals surface area (Å²) in [5.41, 5.74) is 0. The molecular weight excluding hydrogens is 319 g/mol. The Hall–Kier alpha value is -1.80. The molecule has 1 atom stereocenters. The van der Waals surface area contributed by atoms with Gasteiger partial charge in [0.05, 0.1) is 6.26 Å². The van der Waals surface area contributed by atoms with E-state index in [1.165, 1.54) is 6.26 Å². The molecule has 2 rings (SSSR count). The molecule has 8 heteroatoms. The van der Waals surface area contributed by atoms with E-state index in [1.807, 2.05) is 0 Å². The van der Waals surface area contributed by atoms with E-state index in [9.17, 15) is 21.6 Å². The van der Waals surface area contributed by atoms with Gasteiger partial charge in [0, 0.05) is 12.5 Å². The lowest BCUT2D eigenvalue weighted by molar-refractivity contribution is 0.430. The summed E-state index contributed by atoms with van der Waals surface area (Å²) in [6, 6.07) is 4.18. The summed E-state index contributed by atoms with van der Waals surface area (Å²) in [4.78, 5) is -0.920. The van der Waals surface area contributed by atoms with E-state index >= 15 is 0 Å².